The average molecular weight is 371 g/mol. The number of rotatable bonds is 6. The molecule has 0 aliphatic carbocycles. The van der Waals surface area contributed by atoms with E-state index in [1.165, 1.54) is 12.3 Å². The number of ether oxygens (including phenoxy) is 2. The highest BCUT2D eigenvalue weighted by Gasteiger charge is 2.15. The van der Waals surface area contributed by atoms with Crippen molar-refractivity contribution in [1.82, 2.24) is 5.43 Å². The van der Waals surface area contributed by atoms with Gasteiger partial charge in [0.05, 0.1) is 31.7 Å². The molecule has 27 heavy (non-hydrogen) atoms. The summed E-state index contributed by atoms with van der Waals surface area (Å²) in [5.74, 6) is 0.0341. The Hall–Kier alpha value is -2.93. The molecule has 1 amide bonds. The lowest BCUT2D eigenvalue weighted by Gasteiger charge is -2.29. The fourth-order valence-electron chi connectivity index (χ4n) is 2.76. The summed E-state index contributed by atoms with van der Waals surface area (Å²) >= 11 is 0. The van der Waals surface area contributed by atoms with Crippen LogP contribution >= 0.6 is 0 Å². The maximum atomic E-state index is 14.3. The highest BCUT2D eigenvalue weighted by molar-refractivity contribution is 5.95. The van der Waals surface area contributed by atoms with Crippen LogP contribution in [0.4, 0.5) is 10.1 Å². The minimum absolute atomic E-state index is 0.321. The Kier molecular flexibility index (Phi) is 6.38. The van der Waals surface area contributed by atoms with Crippen LogP contribution in [-0.2, 0) is 4.74 Å². The van der Waals surface area contributed by atoms with Crippen LogP contribution in [0.3, 0.4) is 0 Å². The van der Waals surface area contributed by atoms with Gasteiger partial charge in [-0.3, -0.25) is 4.79 Å². The Morgan fingerprint density at radius 3 is 2.67 bits per heavy atom. The Bertz CT molecular complexity index is 803. The largest absolute Gasteiger partial charge is 0.494 e. The van der Waals surface area contributed by atoms with Gasteiger partial charge in [-0.2, -0.15) is 5.10 Å². The number of hydrogen-bond acceptors (Lipinski definition) is 5. The molecule has 0 atom stereocenters. The average Bonchev–Trinajstić information content (AvgIpc) is 2.69. The van der Waals surface area contributed by atoms with E-state index >= 15 is 0 Å². The minimum atomic E-state index is -0.347. The number of carbonyl (C=O) groups excluding carboxylic acids is 1. The second kappa shape index (κ2) is 9.14. The van der Waals surface area contributed by atoms with Crippen molar-refractivity contribution in [2.75, 3.05) is 37.8 Å². The lowest BCUT2D eigenvalue weighted by atomic mass is 10.2. The smallest absolute Gasteiger partial charge is 0.271 e. The first-order chi connectivity index (χ1) is 13.2. The van der Waals surface area contributed by atoms with Crippen molar-refractivity contribution in [3.8, 4) is 5.75 Å². The zero-order valence-electron chi connectivity index (χ0n) is 15.2. The lowest BCUT2D eigenvalue weighted by Crippen LogP contribution is -2.36. The van der Waals surface area contributed by atoms with E-state index < -0.39 is 0 Å². The Labute approximate surface area is 157 Å². The summed E-state index contributed by atoms with van der Waals surface area (Å²) in [4.78, 5) is 14.0. The highest BCUT2D eigenvalue weighted by Crippen LogP contribution is 2.21. The van der Waals surface area contributed by atoms with E-state index in [1.807, 2.05) is 11.8 Å². The fraction of sp³-hybridized carbons (Fsp3) is 0.300. The molecular formula is C20H22FN3O3. The maximum Gasteiger partial charge on any atom is 0.271 e. The van der Waals surface area contributed by atoms with Crippen LogP contribution in [0.2, 0.25) is 0 Å². The van der Waals surface area contributed by atoms with E-state index in [9.17, 15) is 9.18 Å². The summed E-state index contributed by atoms with van der Waals surface area (Å²) in [5, 5.41) is 3.90. The number of nitrogens with one attached hydrogen (secondary N) is 1. The van der Waals surface area contributed by atoms with Gasteiger partial charge < -0.3 is 14.4 Å². The van der Waals surface area contributed by atoms with E-state index in [4.69, 9.17) is 9.47 Å². The number of anilines is 1. The molecule has 0 saturated carbocycles. The molecular weight excluding hydrogens is 349 g/mol. The first-order valence-corrected chi connectivity index (χ1v) is 8.86. The van der Waals surface area contributed by atoms with Crippen LogP contribution in [0.1, 0.15) is 22.8 Å². The van der Waals surface area contributed by atoms with Gasteiger partial charge in [-0.05, 0) is 48.9 Å². The predicted molar refractivity (Wildman–Crippen MR) is 102 cm³/mol. The van der Waals surface area contributed by atoms with Crippen molar-refractivity contribution in [2.24, 2.45) is 5.10 Å². The molecule has 2 aromatic rings. The van der Waals surface area contributed by atoms with Crippen molar-refractivity contribution < 1.29 is 18.7 Å². The van der Waals surface area contributed by atoms with Crippen molar-refractivity contribution in [3.05, 3.63) is 59.4 Å². The Morgan fingerprint density at radius 2 is 2.00 bits per heavy atom. The molecule has 2 aromatic carbocycles. The van der Waals surface area contributed by atoms with Gasteiger partial charge in [0, 0.05) is 18.7 Å². The molecule has 1 saturated heterocycles. The quantitative estimate of drug-likeness (QED) is 0.627. The first kappa shape index (κ1) is 18.8. The molecule has 3 rings (SSSR count). The minimum Gasteiger partial charge on any atom is -0.494 e. The van der Waals surface area contributed by atoms with Crippen LogP contribution in [0.25, 0.3) is 0 Å². The van der Waals surface area contributed by atoms with Crippen LogP contribution < -0.4 is 15.1 Å². The van der Waals surface area contributed by atoms with Crippen molar-refractivity contribution in [2.45, 2.75) is 6.92 Å². The van der Waals surface area contributed by atoms with Gasteiger partial charge in [0.15, 0.2) is 0 Å². The molecule has 0 spiro atoms. The number of morpholine rings is 1. The summed E-state index contributed by atoms with van der Waals surface area (Å²) < 4.78 is 25.0. The topological polar surface area (TPSA) is 63.2 Å². The van der Waals surface area contributed by atoms with Crippen LogP contribution in [-0.4, -0.2) is 45.0 Å². The lowest BCUT2D eigenvalue weighted by molar-refractivity contribution is 0.0955. The number of hydrogen-bond donors (Lipinski definition) is 1. The van der Waals surface area contributed by atoms with Crippen LogP contribution in [0.15, 0.2) is 47.6 Å². The summed E-state index contributed by atoms with van der Waals surface area (Å²) in [6.07, 6.45) is 1.42. The van der Waals surface area contributed by atoms with Crippen molar-refractivity contribution >= 4 is 17.8 Å². The van der Waals surface area contributed by atoms with Gasteiger partial charge in [-0.25, -0.2) is 9.82 Å². The normalized spacial score (nSPS) is 14.4. The number of halogens is 1. The third kappa shape index (κ3) is 5.04. The van der Waals surface area contributed by atoms with E-state index in [0.29, 0.717) is 55.5 Å². The predicted octanol–water partition coefficient (Wildman–Crippen LogP) is 2.82. The van der Waals surface area contributed by atoms with Crippen LogP contribution in [0.5, 0.6) is 5.75 Å². The summed E-state index contributed by atoms with van der Waals surface area (Å²) in [6, 6.07) is 11.6. The van der Waals surface area contributed by atoms with E-state index in [1.54, 1.807) is 36.4 Å². The van der Waals surface area contributed by atoms with Gasteiger partial charge in [0.2, 0.25) is 0 Å². The SMILES string of the molecule is CCOc1ccc(C(=O)N/N=C/c2ccc(N3CCOCC3)c(F)c2)cc1. The van der Waals surface area contributed by atoms with Gasteiger partial charge in [-0.1, -0.05) is 6.07 Å². The summed E-state index contributed by atoms with van der Waals surface area (Å²) in [5.41, 5.74) is 4.02. The van der Waals surface area contributed by atoms with Gasteiger partial charge in [0.1, 0.15) is 11.6 Å². The first-order valence-electron chi connectivity index (χ1n) is 8.86. The van der Waals surface area contributed by atoms with Crippen molar-refractivity contribution in [1.29, 1.82) is 0 Å². The van der Waals surface area contributed by atoms with E-state index in [2.05, 4.69) is 10.5 Å². The van der Waals surface area contributed by atoms with Crippen LogP contribution in [0, 0.1) is 5.82 Å². The number of hydrazone groups is 1. The molecule has 142 valence electrons. The molecule has 0 radical (unpaired) electrons. The second-order valence-corrected chi connectivity index (χ2v) is 5.97. The molecule has 1 fully saturated rings. The summed E-state index contributed by atoms with van der Waals surface area (Å²) in [6.45, 7) is 4.99. The number of amides is 1. The van der Waals surface area contributed by atoms with E-state index in [0.717, 1.165) is 0 Å². The molecule has 0 unspecified atom stereocenters. The standard InChI is InChI=1S/C20H22FN3O3/c1-2-27-17-6-4-16(5-7-17)20(25)23-22-14-15-3-8-19(18(21)13-15)24-9-11-26-12-10-24/h3-8,13-14H,2,9-12H2,1H3,(H,23,25)/b22-14+. The third-order valence-electron chi connectivity index (χ3n) is 4.13. The highest BCUT2D eigenvalue weighted by atomic mass is 19.1. The summed E-state index contributed by atoms with van der Waals surface area (Å²) in [7, 11) is 0. The van der Waals surface area contributed by atoms with Gasteiger partial charge in [-0.15, -0.1) is 0 Å². The van der Waals surface area contributed by atoms with Gasteiger partial charge >= 0.3 is 0 Å². The Morgan fingerprint density at radius 1 is 1.26 bits per heavy atom. The fourth-order valence-corrected chi connectivity index (χ4v) is 2.76. The maximum absolute atomic E-state index is 14.3. The Balaban J connectivity index is 1.58. The molecule has 6 nitrogen and oxygen atoms in total. The monoisotopic (exact) mass is 371 g/mol. The third-order valence-corrected chi connectivity index (χ3v) is 4.13. The molecule has 1 N–H and O–H groups in total. The molecule has 1 aliphatic heterocycles. The molecule has 1 aliphatic rings. The van der Waals surface area contributed by atoms with Gasteiger partial charge in [0.25, 0.3) is 5.91 Å². The zero-order valence-corrected chi connectivity index (χ0v) is 15.2. The number of carbonyl (C=O) groups is 1. The molecule has 7 heteroatoms. The molecule has 1 heterocycles. The zero-order chi connectivity index (χ0) is 19.1. The number of benzene rings is 2. The molecule has 0 bridgehead atoms. The molecule has 0 aromatic heterocycles. The number of nitrogens with zero attached hydrogens (tertiary/aromatic N) is 2. The van der Waals surface area contributed by atoms with E-state index in [-0.39, 0.29) is 11.7 Å². The van der Waals surface area contributed by atoms with Crippen molar-refractivity contribution in [3.63, 3.8) is 0 Å². The second-order valence-electron chi connectivity index (χ2n) is 5.97.